The highest BCUT2D eigenvalue weighted by atomic mass is 15.2. The average molecular weight is 249 g/mol. The molecule has 3 heteroatoms. The molecule has 3 unspecified atom stereocenters. The van der Waals surface area contributed by atoms with Crippen molar-refractivity contribution in [1.29, 1.82) is 5.26 Å². The number of rotatable bonds is 2. The van der Waals surface area contributed by atoms with Crippen LogP contribution in [0.2, 0.25) is 0 Å². The quantitative estimate of drug-likeness (QED) is 0.752. The Morgan fingerprint density at radius 1 is 1.17 bits per heavy atom. The number of nitriles is 1. The molecule has 1 saturated heterocycles. The van der Waals surface area contributed by atoms with Crippen molar-refractivity contribution >= 4 is 0 Å². The first-order valence-corrected chi connectivity index (χ1v) is 7.42. The minimum atomic E-state index is 0.255. The van der Waals surface area contributed by atoms with Crippen LogP contribution < -0.4 is 0 Å². The van der Waals surface area contributed by atoms with Crippen LogP contribution in [0.1, 0.15) is 39.0 Å². The summed E-state index contributed by atoms with van der Waals surface area (Å²) in [6.07, 6.45) is 6.06. The van der Waals surface area contributed by atoms with Crippen LogP contribution in [0.3, 0.4) is 0 Å². The zero-order valence-corrected chi connectivity index (χ0v) is 12.1. The van der Waals surface area contributed by atoms with E-state index in [4.69, 9.17) is 0 Å². The monoisotopic (exact) mass is 249 g/mol. The second kappa shape index (κ2) is 6.04. The fourth-order valence-corrected chi connectivity index (χ4v) is 3.62. The van der Waals surface area contributed by atoms with Gasteiger partial charge in [-0.15, -0.1) is 0 Å². The second-order valence-corrected chi connectivity index (χ2v) is 6.42. The zero-order chi connectivity index (χ0) is 13.1. The van der Waals surface area contributed by atoms with Gasteiger partial charge in [0.05, 0.1) is 12.0 Å². The Labute approximate surface area is 112 Å². The van der Waals surface area contributed by atoms with Crippen LogP contribution in [0.5, 0.6) is 0 Å². The standard InChI is InChI=1S/C15H27N3/c1-12-4-5-13(11-16)15(10-12)18(3)14-6-8-17(2)9-7-14/h12-15H,4-10H2,1-3H3. The predicted molar refractivity (Wildman–Crippen MR) is 74.2 cm³/mol. The van der Waals surface area contributed by atoms with Gasteiger partial charge in [0.2, 0.25) is 0 Å². The Morgan fingerprint density at radius 2 is 1.83 bits per heavy atom. The van der Waals surface area contributed by atoms with Crippen molar-refractivity contribution in [1.82, 2.24) is 9.80 Å². The maximum absolute atomic E-state index is 9.35. The van der Waals surface area contributed by atoms with E-state index < -0.39 is 0 Å². The fourth-order valence-electron chi connectivity index (χ4n) is 3.62. The first kappa shape index (κ1) is 13.8. The zero-order valence-electron chi connectivity index (χ0n) is 12.1. The molecular formula is C15H27N3. The third-order valence-electron chi connectivity index (χ3n) is 5.03. The SMILES string of the molecule is CC1CCC(C#N)C(N(C)C2CCN(C)CC2)C1. The van der Waals surface area contributed by atoms with Gasteiger partial charge >= 0.3 is 0 Å². The highest BCUT2D eigenvalue weighted by molar-refractivity contribution is 4.98. The molecular weight excluding hydrogens is 222 g/mol. The van der Waals surface area contributed by atoms with Gasteiger partial charge in [0.15, 0.2) is 0 Å². The van der Waals surface area contributed by atoms with E-state index in [2.05, 4.69) is 36.9 Å². The average Bonchev–Trinajstić information content (AvgIpc) is 2.39. The summed E-state index contributed by atoms with van der Waals surface area (Å²) >= 11 is 0. The molecule has 1 aliphatic heterocycles. The second-order valence-electron chi connectivity index (χ2n) is 6.42. The van der Waals surface area contributed by atoms with Crippen LogP contribution in [0, 0.1) is 23.2 Å². The van der Waals surface area contributed by atoms with Crippen molar-refractivity contribution in [2.24, 2.45) is 11.8 Å². The molecule has 2 rings (SSSR count). The molecule has 2 aliphatic rings. The molecule has 0 radical (unpaired) electrons. The van der Waals surface area contributed by atoms with Crippen molar-refractivity contribution < 1.29 is 0 Å². The van der Waals surface area contributed by atoms with Crippen molar-refractivity contribution in [2.45, 2.75) is 51.1 Å². The Hall–Kier alpha value is -0.590. The molecule has 0 amide bonds. The minimum absolute atomic E-state index is 0.255. The summed E-state index contributed by atoms with van der Waals surface area (Å²) in [6.45, 7) is 4.74. The number of nitrogens with zero attached hydrogens (tertiary/aromatic N) is 3. The number of hydrogen-bond acceptors (Lipinski definition) is 3. The van der Waals surface area contributed by atoms with Gasteiger partial charge in [-0.25, -0.2) is 0 Å². The summed E-state index contributed by atoms with van der Waals surface area (Å²) in [5.74, 6) is 1.04. The first-order chi connectivity index (χ1) is 8.61. The van der Waals surface area contributed by atoms with E-state index in [-0.39, 0.29) is 5.92 Å². The minimum Gasteiger partial charge on any atom is -0.306 e. The van der Waals surface area contributed by atoms with E-state index >= 15 is 0 Å². The van der Waals surface area contributed by atoms with Crippen LogP contribution in [-0.4, -0.2) is 49.1 Å². The molecule has 0 bridgehead atoms. The maximum Gasteiger partial charge on any atom is 0.0672 e. The summed E-state index contributed by atoms with van der Waals surface area (Å²) in [4.78, 5) is 4.95. The molecule has 102 valence electrons. The van der Waals surface area contributed by atoms with Gasteiger partial charge in [0, 0.05) is 12.1 Å². The molecule has 1 aliphatic carbocycles. The lowest BCUT2D eigenvalue weighted by molar-refractivity contribution is 0.0590. The van der Waals surface area contributed by atoms with E-state index in [1.807, 2.05) is 0 Å². The van der Waals surface area contributed by atoms with Gasteiger partial charge in [-0.2, -0.15) is 5.26 Å². The summed E-state index contributed by atoms with van der Waals surface area (Å²) in [6, 6.07) is 3.73. The maximum atomic E-state index is 9.35. The van der Waals surface area contributed by atoms with Crippen LogP contribution in [0.4, 0.5) is 0 Å². The number of likely N-dealkylation sites (tertiary alicyclic amines) is 1. The lowest BCUT2D eigenvalue weighted by Crippen LogP contribution is -2.50. The summed E-state index contributed by atoms with van der Waals surface area (Å²) in [5, 5.41) is 9.35. The van der Waals surface area contributed by atoms with Gasteiger partial charge < -0.3 is 4.90 Å². The van der Waals surface area contributed by atoms with E-state index in [1.54, 1.807) is 0 Å². The van der Waals surface area contributed by atoms with Crippen molar-refractivity contribution in [3.8, 4) is 6.07 Å². The van der Waals surface area contributed by atoms with Crippen LogP contribution >= 0.6 is 0 Å². The summed E-state index contributed by atoms with van der Waals surface area (Å²) in [5.41, 5.74) is 0. The van der Waals surface area contributed by atoms with Crippen LogP contribution in [-0.2, 0) is 0 Å². The topological polar surface area (TPSA) is 30.3 Å². The normalized spacial score (nSPS) is 35.6. The predicted octanol–water partition coefficient (Wildman–Crippen LogP) is 2.34. The molecule has 0 aromatic rings. The first-order valence-electron chi connectivity index (χ1n) is 7.42. The summed E-state index contributed by atoms with van der Waals surface area (Å²) in [7, 11) is 4.46. The number of piperidine rings is 1. The molecule has 1 saturated carbocycles. The fraction of sp³-hybridized carbons (Fsp3) is 0.933. The molecule has 1 heterocycles. The molecule has 3 atom stereocenters. The molecule has 18 heavy (non-hydrogen) atoms. The Bertz CT molecular complexity index is 301. The molecule has 2 fully saturated rings. The third-order valence-corrected chi connectivity index (χ3v) is 5.03. The highest BCUT2D eigenvalue weighted by Gasteiger charge is 2.34. The number of hydrogen-bond donors (Lipinski definition) is 0. The molecule has 0 aromatic heterocycles. The largest absolute Gasteiger partial charge is 0.306 e. The van der Waals surface area contributed by atoms with Gasteiger partial charge in [-0.3, -0.25) is 4.90 Å². The van der Waals surface area contributed by atoms with Crippen molar-refractivity contribution in [3.05, 3.63) is 0 Å². The Balaban J connectivity index is 1.97. The molecule has 0 spiro atoms. The van der Waals surface area contributed by atoms with Crippen LogP contribution in [0.15, 0.2) is 0 Å². The van der Waals surface area contributed by atoms with E-state index in [9.17, 15) is 5.26 Å². The lowest BCUT2D eigenvalue weighted by atomic mass is 9.78. The molecule has 0 aromatic carbocycles. The van der Waals surface area contributed by atoms with Gasteiger partial charge in [0.25, 0.3) is 0 Å². The third kappa shape index (κ3) is 3.05. The highest BCUT2D eigenvalue weighted by Crippen LogP contribution is 2.33. The van der Waals surface area contributed by atoms with Gasteiger partial charge in [0.1, 0.15) is 0 Å². The van der Waals surface area contributed by atoms with Gasteiger partial charge in [-0.1, -0.05) is 6.92 Å². The van der Waals surface area contributed by atoms with Crippen LogP contribution in [0.25, 0.3) is 0 Å². The Morgan fingerprint density at radius 3 is 2.44 bits per heavy atom. The summed E-state index contributed by atoms with van der Waals surface area (Å²) < 4.78 is 0. The van der Waals surface area contributed by atoms with E-state index in [0.717, 1.165) is 12.3 Å². The smallest absolute Gasteiger partial charge is 0.0672 e. The molecule has 3 nitrogen and oxygen atoms in total. The van der Waals surface area contributed by atoms with E-state index in [0.29, 0.717) is 12.1 Å². The lowest BCUT2D eigenvalue weighted by Gasteiger charge is -2.43. The van der Waals surface area contributed by atoms with Crippen molar-refractivity contribution in [3.63, 3.8) is 0 Å². The molecule has 0 N–H and O–H groups in total. The Kier molecular flexibility index (Phi) is 4.64. The van der Waals surface area contributed by atoms with E-state index in [1.165, 1.54) is 38.8 Å². The van der Waals surface area contributed by atoms with Gasteiger partial charge in [-0.05, 0) is 65.2 Å². The van der Waals surface area contributed by atoms with Crippen molar-refractivity contribution in [2.75, 3.05) is 27.2 Å².